The van der Waals surface area contributed by atoms with Crippen LogP contribution in [0.25, 0.3) is 0 Å². The first kappa shape index (κ1) is 17.1. The van der Waals surface area contributed by atoms with Crippen LogP contribution in [-0.4, -0.2) is 16.8 Å². The van der Waals surface area contributed by atoms with E-state index >= 15 is 0 Å². The van der Waals surface area contributed by atoms with Crippen molar-refractivity contribution in [2.45, 2.75) is 58.0 Å². The normalized spacial score (nSPS) is 22.2. The monoisotopic (exact) mass is 319 g/mol. The van der Waals surface area contributed by atoms with Crippen LogP contribution in [0.2, 0.25) is 5.02 Å². The molecular weight excluding hydrogens is 294 g/mol. The summed E-state index contributed by atoms with van der Waals surface area (Å²) in [5.74, 6) is 0.390. The van der Waals surface area contributed by atoms with Crippen LogP contribution in [0.1, 0.15) is 57.6 Å². The number of benzene rings is 1. The van der Waals surface area contributed by atoms with Crippen LogP contribution in [-0.2, 0) is 4.79 Å². The third-order valence-corrected chi connectivity index (χ3v) is 5.02. The summed E-state index contributed by atoms with van der Waals surface area (Å²) in [5, 5.41) is 0.740. The summed E-state index contributed by atoms with van der Waals surface area (Å²) in [6.45, 7) is 8.13. The first-order chi connectivity index (χ1) is 10.6. The van der Waals surface area contributed by atoms with Gasteiger partial charge in [0.25, 0.3) is 0 Å². The predicted octanol–water partition coefficient (Wildman–Crippen LogP) is 5.38. The Morgan fingerprint density at radius 3 is 2.45 bits per heavy atom. The van der Waals surface area contributed by atoms with Crippen molar-refractivity contribution in [3.8, 4) is 0 Å². The zero-order valence-electron chi connectivity index (χ0n) is 13.6. The van der Waals surface area contributed by atoms with Crippen molar-refractivity contribution in [3.05, 3.63) is 47.5 Å². The van der Waals surface area contributed by atoms with Gasteiger partial charge >= 0.3 is 0 Å². The van der Waals surface area contributed by atoms with E-state index in [9.17, 15) is 4.79 Å². The molecule has 0 spiro atoms. The van der Waals surface area contributed by atoms with Gasteiger partial charge in [-0.15, -0.1) is 6.58 Å². The minimum absolute atomic E-state index is 0.0988. The minimum atomic E-state index is 0.0988. The zero-order valence-corrected chi connectivity index (χ0v) is 14.4. The fraction of sp³-hybridized carbons (Fsp3) is 0.526. The molecule has 0 bridgehead atoms. The number of amides is 1. The van der Waals surface area contributed by atoms with Crippen LogP contribution in [0.5, 0.6) is 0 Å². The van der Waals surface area contributed by atoms with E-state index in [4.69, 9.17) is 11.6 Å². The number of piperidine rings is 1. The standard InChI is InChI=1S/C19H26ClNO/c1-4-7-15-10-13-18(14-8-11-16(20)12-9-14)21(19(15)22)17(5-2)6-3/h4,8-9,11-12,15,17-18H,1,5-7,10,13H2,2-3H3. The summed E-state index contributed by atoms with van der Waals surface area (Å²) in [4.78, 5) is 15.1. The van der Waals surface area contributed by atoms with E-state index in [-0.39, 0.29) is 12.0 Å². The third kappa shape index (κ3) is 3.55. The summed E-state index contributed by atoms with van der Waals surface area (Å²) in [6, 6.07) is 8.44. The molecule has 22 heavy (non-hydrogen) atoms. The highest BCUT2D eigenvalue weighted by atomic mass is 35.5. The highest BCUT2D eigenvalue weighted by Gasteiger charge is 2.38. The fourth-order valence-electron chi connectivity index (χ4n) is 3.53. The molecule has 1 aliphatic rings. The van der Waals surface area contributed by atoms with E-state index in [1.165, 1.54) is 5.56 Å². The van der Waals surface area contributed by atoms with Gasteiger partial charge in [0.2, 0.25) is 5.91 Å². The maximum Gasteiger partial charge on any atom is 0.226 e. The molecule has 1 heterocycles. The molecule has 1 aliphatic heterocycles. The van der Waals surface area contributed by atoms with Gasteiger partial charge in [-0.1, -0.05) is 43.7 Å². The summed E-state index contributed by atoms with van der Waals surface area (Å²) in [7, 11) is 0. The Morgan fingerprint density at radius 2 is 1.91 bits per heavy atom. The van der Waals surface area contributed by atoms with Crippen molar-refractivity contribution in [1.29, 1.82) is 0 Å². The van der Waals surface area contributed by atoms with Crippen molar-refractivity contribution in [2.24, 2.45) is 5.92 Å². The van der Waals surface area contributed by atoms with Crippen LogP contribution in [0.4, 0.5) is 0 Å². The average molecular weight is 320 g/mol. The Hall–Kier alpha value is -1.28. The second-order valence-electron chi connectivity index (χ2n) is 6.08. The SMILES string of the molecule is C=CCC1CCC(c2ccc(Cl)cc2)N(C(CC)CC)C1=O. The number of allylic oxidation sites excluding steroid dienone is 1. The molecule has 0 saturated carbocycles. The molecule has 0 aromatic heterocycles. The first-order valence-electron chi connectivity index (χ1n) is 8.30. The highest BCUT2D eigenvalue weighted by Crippen LogP contribution is 2.38. The number of likely N-dealkylation sites (tertiary alicyclic amines) is 1. The van der Waals surface area contributed by atoms with E-state index in [0.717, 1.165) is 37.1 Å². The van der Waals surface area contributed by atoms with E-state index < -0.39 is 0 Å². The fourth-order valence-corrected chi connectivity index (χ4v) is 3.66. The van der Waals surface area contributed by atoms with Gasteiger partial charge in [-0.05, 0) is 49.8 Å². The first-order valence-corrected chi connectivity index (χ1v) is 8.68. The molecule has 1 fully saturated rings. The lowest BCUT2D eigenvalue weighted by Crippen LogP contribution is -2.48. The van der Waals surface area contributed by atoms with Gasteiger partial charge < -0.3 is 4.90 Å². The van der Waals surface area contributed by atoms with Crippen LogP contribution in [0, 0.1) is 5.92 Å². The minimum Gasteiger partial charge on any atom is -0.332 e. The van der Waals surface area contributed by atoms with Gasteiger partial charge in [0.15, 0.2) is 0 Å². The summed E-state index contributed by atoms with van der Waals surface area (Å²) in [5.41, 5.74) is 1.20. The van der Waals surface area contributed by atoms with Gasteiger partial charge in [0.1, 0.15) is 0 Å². The molecule has 3 heteroatoms. The van der Waals surface area contributed by atoms with Crippen LogP contribution in [0.15, 0.2) is 36.9 Å². The van der Waals surface area contributed by atoms with E-state index in [1.54, 1.807) is 0 Å². The van der Waals surface area contributed by atoms with E-state index in [1.807, 2.05) is 18.2 Å². The smallest absolute Gasteiger partial charge is 0.226 e. The second kappa shape index (κ2) is 7.82. The lowest BCUT2D eigenvalue weighted by Gasteiger charge is -2.44. The molecule has 1 amide bonds. The van der Waals surface area contributed by atoms with Crippen molar-refractivity contribution in [1.82, 2.24) is 4.90 Å². The zero-order chi connectivity index (χ0) is 16.1. The van der Waals surface area contributed by atoms with Crippen LogP contribution < -0.4 is 0 Å². The molecule has 0 radical (unpaired) electrons. The Morgan fingerprint density at radius 1 is 1.27 bits per heavy atom. The molecule has 2 atom stereocenters. The molecule has 1 aromatic carbocycles. The number of halogens is 1. The lowest BCUT2D eigenvalue weighted by atomic mass is 9.85. The van der Waals surface area contributed by atoms with Crippen molar-refractivity contribution < 1.29 is 4.79 Å². The molecule has 0 N–H and O–H groups in total. The quantitative estimate of drug-likeness (QED) is 0.644. The highest BCUT2D eigenvalue weighted by molar-refractivity contribution is 6.30. The molecule has 1 saturated heterocycles. The van der Waals surface area contributed by atoms with Gasteiger partial charge in [0.05, 0.1) is 6.04 Å². The number of carbonyl (C=O) groups excluding carboxylic acids is 1. The molecular formula is C19H26ClNO. The average Bonchev–Trinajstić information content (AvgIpc) is 2.53. The van der Waals surface area contributed by atoms with E-state index in [0.29, 0.717) is 11.9 Å². The molecule has 2 unspecified atom stereocenters. The maximum absolute atomic E-state index is 13.0. The summed E-state index contributed by atoms with van der Waals surface area (Å²) in [6.07, 6.45) is 6.59. The Balaban J connectivity index is 2.32. The number of rotatable bonds is 6. The Labute approximate surface area is 139 Å². The van der Waals surface area contributed by atoms with Gasteiger partial charge in [-0.25, -0.2) is 0 Å². The van der Waals surface area contributed by atoms with Crippen molar-refractivity contribution in [3.63, 3.8) is 0 Å². The summed E-state index contributed by atoms with van der Waals surface area (Å²) >= 11 is 6.01. The van der Waals surface area contributed by atoms with Gasteiger partial charge in [-0.3, -0.25) is 4.79 Å². The van der Waals surface area contributed by atoms with Crippen molar-refractivity contribution >= 4 is 17.5 Å². The number of hydrogen-bond acceptors (Lipinski definition) is 1. The third-order valence-electron chi connectivity index (χ3n) is 4.77. The number of carbonyl (C=O) groups is 1. The van der Waals surface area contributed by atoms with Crippen LogP contribution in [0.3, 0.4) is 0 Å². The molecule has 120 valence electrons. The Kier molecular flexibility index (Phi) is 6.07. The van der Waals surface area contributed by atoms with Crippen LogP contribution >= 0.6 is 11.6 Å². The molecule has 0 aliphatic carbocycles. The molecule has 1 aromatic rings. The Bertz CT molecular complexity index is 507. The largest absolute Gasteiger partial charge is 0.332 e. The second-order valence-corrected chi connectivity index (χ2v) is 6.52. The van der Waals surface area contributed by atoms with Gasteiger partial charge in [0, 0.05) is 17.0 Å². The van der Waals surface area contributed by atoms with Gasteiger partial charge in [-0.2, -0.15) is 0 Å². The summed E-state index contributed by atoms with van der Waals surface area (Å²) < 4.78 is 0. The maximum atomic E-state index is 13.0. The predicted molar refractivity (Wildman–Crippen MR) is 92.9 cm³/mol. The molecule has 2 nitrogen and oxygen atoms in total. The van der Waals surface area contributed by atoms with E-state index in [2.05, 4.69) is 37.5 Å². The van der Waals surface area contributed by atoms with Crippen molar-refractivity contribution in [2.75, 3.05) is 0 Å². The molecule has 2 rings (SSSR count). The topological polar surface area (TPSA) is 20.3 Å². The number of hydrogen-bond donors (Lipinski definition) is 0. The number of nitrogens with zero attached hydrogens (tertiary/aromatic N) is 1. The lowest BCUT2D eigenvalue weighted by molar-refractivity contribution is -0.145.